The van der Waals surface area contributed by atoms with Crippen molar-refractivity contribution in [3.05, 3.63) is 40.3 Å². The molecule has 0 aliphatic rings. The molecule has 17 heavy (non-hydrogen) atoms. The van der Waals surface area contributed by atoms with E-state index in [1.165, 1.54) is 11.3 Å². The monoisotopic (exact) mass is 248 g/mol. The Bertz CT molecular complexity index is 584. The summed E-state index contributed by atoms with van der Waals surface area (Å²) in [6.07, 6.45) is 0. The van der Waals surface area contributed by atoms with Crippen molar-refractivity contribution in [2.75, 3.05) is 0 Å². The lowest BCUT2D eigenvalue weighted by Crippen LogP contribution is -1.89. The van der Waals surface area contributed by atoms with Crippen molar-refractivity contribution in [2.24, 2.45) is 0 Å². The van der Waals surface area contributed by atoms with Gasteiger partial charge in [0, 0.05) is 4.88 Å². The molecule has 0 saturated carbocycles. The molecule has 0 radical (unpaired) electrons. The van der Waals surface area contributed by atoms with Crippen LogP contribution in [0.3, 0.4) is 0 Å². The summed E-state index contributed by atoms with van der Waals surface area (Å²) < 4.78 is 0. The first-order valence-corrected chi connectivity index (χ1v) is 5.94. The summed E-state index contributed by atoms with van der Waals surface area (Å²) in [5, 5.41) is 18.3. The van der Waals surface area contributed by atoms with Crippen molar-refractivity contribution in [1.82, 2.24) is 0 Å². The van der Waals surface area contributed by atoms with Gasteiger partial charge in [-0.15, -0.1) is 11.3 Å². The third kappa shape index (κ3) is 2.17. The molecule has 0 saturated heterocycles. The van der Waals surface area contributed by atoms with E-state index < -0.39 is 5.97 Å². The van der Waals surface area contributed by atoms with E-state index in [-0.39, 0.29) is 5.75 Å². The summed E-state index contributed by atoms with van der Waals surface area (Å²) in [4.78, 5) is 12.2. The fraction of sp³-hybridized carbons (Fsp3) is 0.154. The summed E-state index contributed by atoms with van der Waals surface area (Å²) in [7, 11) is 0. The van der Waals surface area contributed by atoms with Crippen LogP contribution in [0.25, 0.3) is 10.4 Å². The van der Waals surface area contributed by atoms with Gasteiger partial charge in [-0.2, -0.15) is 0 Å². The van der Waals surface area contributed by atoms with Gasteiger partial charge in [0.2, 0.25) is 0 Å². The molecule has 1 heterocycles. The largest absolute Gasteiger partial charge is 0.508 e. The van der Waals surface area contributed by atoms with Crippen LogP contribution in [0.15, 0.2) is 24.3 Å². The Morgan fingerprint density at radius 2 is 1.88 bits per heavy atom. The molecule has 0 fully saturated rings. The molecule has 0 unspecified atom stereocenters. The van der Waals surface area contributed by atoms with Crippen LogP contribution >= 0.6 is 11.3 Å². The molecule has 1 aromatic carbocycles. The highest BCUT2D eigenvalue weighted by molar-refractivity contribution is 7.17. The normalized spacial score (nSPS) is 10.5. The molecule has 2 rings (SSSR count). The maximum atomic E-state index is 10.9. The van der Waals surface area contributed by atoms with E-state index in [0.29, 0.717) is 4.88 Å². The Hall–Kier alpha value is -1.81. The van der Waals surface area contributed by atoms with Crippen molar-refractivity contribution >= 4 is 17.3 Å². The number of phenolic OH excluding ortho intramolecular Hbond substituents is 1. The topological polar surface area (TPSA) is 57.5 Å². The number of aromatic carboxylic acids is 1. The first-order chi connectivity index (χ1) is 7.99. The van der Waals surface area contributed by atoms with Crippen LogP contribution in [0, 0.1) is 13.8 Å². The van der Waals surface area contributed by atoms with E-state index in [4.69, 9.17) is 5.11 Å². The molecule has 2 N–H and O–H groups in total. The fourth-order valence-corrected chi connectivity index (χ4v) is 2.86. The zero-order valence-electron chi connectivity index (χ0n) is 9.52. The second-order valence-electron chi connectivity index (χ2n) is 3.93. The highest BCUT2D eigenvalue weighted by Gasteiger charge is 2.14. The maximum Gasteiger partial charge on any atom is 0.345 e. The van der Waals surface area contributed by atoms with Crippen LogP contribution < -0.4 is 0 Å². The average Bonchev–Trinajstić information content (AvgIpc) is 2.61. The van der Waals surface area contributed by atoms with Crippen molar-refractivity contribution in [1.29, 1.82) is 0 Å². The molecule has 0 atom stereocenters. The van der Waals surface area contributed by atoms with Gasteiger partial charge >= 0.3 is 5.97 Å². The molecule has 2 aromatic rings. The predicted octanol–water partition coefficient (Wildman–Crippen LogP) is 3.44. The zero-order valence-corrected chi connectivity index (χ0v) is 10.3. The third-order valence-corrected chi connectivity index (χ3v) is 3.84. The number of carboxylic acid groups (broad SMARTS) is 1. The van der Waals surface area contributed by atoms with Gasteiger partial charge in [0.25, 0.3) is 0 Å². The molecular weight excluding hydrogens is 236 g/mol. The maximum absolute atomic E-state index is 10.9. The van der Waals surface area contributed by atoms with E-state index in [0.717, 1.165) is 21.6 Å². The van der Waals surface area contributed by atoms with Crippen molar-refractivity contribution < 1.29 is 15.0 Å². The summed E-state index contributed by atoms with van der Waals surface area (Å²) in [6, 6.07) is 6.78. The fourth-order valence-electron chi connectivity index (χ4n) is 1.76. The molecule has 4 heteroatoms. The van der Waals surface area contributed by atoms with Gasteiger partial charge < -0.3 is 10.2 Å². The Labute approximate surface area is 103 Å². The number of carbonyl (C=O) groups is 1. The summed E-state index contributed by atoms with van der Waals surface area (Å²) in [5.74, 6) is -0.681. The van der Waals surface area contributed by atoms with Gasteiger partial charge in [0.15, 0.2) is 0 Å². The Balaban J connectivity index is 2.56. The number of rotatable bonds is 2. The second kappa shape index (κ2) is 4.22. The van der Waals surface area contributed by atoms with Gasteiger partial charge in [0.1, 0.15) is 10.6 Å². The number of hydrogen-bond acceptors (Lipinski definition) is 3. The minimum Gasteiger partial charge on any atom is -0.508 e. The summed E-state index contributed by atoms with van der Waals surface area (Å²) >= 11 is 1.26. The van der Waals surface area contributed by atoms with Crippen LogP contribution in [0.5, 0.6) is 5.75 Å². The van der Waals surface area contributed by atoms with Crippen molar-refractivity contribution in [3.8, 4) is 16.2 Å². The van der Waals surface area contributed by atoms with Crippen LogP contribution in [-0.2, 0) is 0 Å². The van der Waals surface area contributed by atoms with E-state index in [1.54, 1.807) is 18.2 Å². The van der Waals surface area contributed by atoms with Crippen molar-refractivity contribution in [2.45, 2.75) is 13.8 Å². The Morgan fingerprint density at radius 3 is 2.41 bits per heavy atom. The van der Waals surface area contributed by atoms with Crippen molar-refractivity contribution in [3.63, 3.8) is 0 Å². The van der Waals surface area contributed by atoms with E-state index >= 15 is 0 Å². The number of phenols is 1. The predicted molar refractivity (Wildman–Crippen MR) is 67.9 cm³/mol. The second-order valence-corrected chi connectivity index (χ2v) is 4.98. The quantitative estimate of drug-likeness (QED) is 0.856. The number of thiophene rings is 1. The lowest BCUT2D eigenvalue weighted by atomic mass is 10.0. The van der Waals surface area contributed by atoms with Crippen LogP contribution in [-0.4, -0.2) is 16.2 Å². The molecular formula is C13H12O3S. The van der Waals surface area contributed by atoms with Gasteiger partial charge in [-0.25, -0.2) is 4.79 Å². The standard InChI is InChI=1S/C13H12O3S/c1-7-5-9(14)3-4-10(7)12-8(2)6-11(17-12)13(15)16/h3-6,14H,1-2H3,(H,15,16). The molecule has 0 amide bonds. The molecule has 0 spiro atoms. The van der Waals surface area contributed by atoms with E-state index in [1.807, 2.05) is 19.9 Å². The molecule has 0 aliphatic carbocycles. The van der Waals surface area contributed by atoms with Crippen LogP contribution in [0.1, 0.15) is 20.8 Å². The molecule has 0 aliphatic heterocycles. The number of aryl methyl sites for hydroxylation is 2. The van der Waals surface area contributed by atoms with Gasteiger partial charge in [-0.1, -0.05) is 0 Å². The minimum atomic E-state index is -0.902. The first-order valence-electron chi connectivity index (χ1n) is 5.12. The zero-order chi connectivity index (χ0) is 12.6. The van der Waals surface area contributed by atoms with E-state index in [9.17, 15) is 9.90 Å². The van der Waals surface area contributed by atoms with Crippen LogP contribution in [0.4, 0.5) is 0 Å². The average molecular weight is 248 g/mol. The number of aromatic hydroxyl groups is 1. The highest BCUT2D eigenvalue weighted by atomic mass is 32.1. The molecule has 3 nitrogen and oxygen atoms in total. The lowest BCUT2D eigenvalue weighted by Gasteiger charge is -2.05. The summed E-state index contributed by atoms with van der Waals surface area (Å²) in [5.41, 5.74) is 2.85. The molecule has 0 bridgehead atoms. The first kappa shape index (κ1) is 11.7. The van der Waals surface area contributed by atoms with Gasteiger partial charge in [-0.05, 0) is 54.8 Å². The number of hydrogen-bond donors (Lipinski definition) is 2. The van der Waals surface area contributed by atoms with Gasteiger partial charge in [0.05, 0.1) is 0 Å². The summed E-state index contributed by atoms with van der Waals surface area (Å²) in [6.45, 7) is 3.79. The lowest BCUT2D eigenvalue weighted by molar-refractivity contribution is 0.0702. The smallest absolute Gasteiger partial charge is 0.345 e. The molecule has 1 aromatic heterocycles. The number of carboxylic acids is 1. The Morgan fingerprint density at radius 1 is 1.18 bits per heavy atom. The highest BCUT2D eigenvalue weighted by Crippen LogP contribution is 2.35. The third-order valence-electron chi connectivity index (χ3n) is 2.58. The van der Waals surface area contributed by atoms with Gasteiger partial charge in [-0.3, -0.25) is 0 Å². The SMILES string of the molecule is Cc1cc(O)ccc1-c1sc(C(=O)O)cc1C. The minimum absolute atomic E-state index is 0.221. The Kier molecular flexibility index (Phi) is 2.90. The van der Waals surface area contributed by atoms with E-state index in [2.05, 4.69) is 0 Å². The van der Waals surface area contributed by atoms with Crippen LogP contribution in [0.2, 0.25) is 0 Å². The molecule has 88 valence electrons. The number of benzene rings is 1.